The van der Waals surface area contributed by atoms with Crippen LogP contribution in [0.5, 0.6) is 0 Å². The number of amidine groups is 4. The Morgan fingerprint density at radius 1 is 0.456 bits per heavy atom. The van der Waals surface area contributed by atoms with Crippen LogP contribution in [0.2, 0.25) is 36.3 Å². The summed E-state index contributed by atoms with van der Waals surface area (Å²) in [4.78, 5) is 23.3. The quantitative estimate of drug-likeness (QED) is 0.131. The third kappa shape index (κ3) is 3.26. The van der Waals surface area contributed by atoms with Gasteiger partial charge in [-0.25, -0.2) is 0 Å². The molecule has 6 aromatic rings. The normalized spacial score (nSPS) is 20.3. The number of aliphatic imine (C=N–C) groups is 2. The van der Waals surface area contributed by atoms with Gasteiger partial charge in [-0.3, -0.25) is 0 Å². The van der Waals surface area contributed by atoms with Gasteiger partial charge in [-0.05, 0) is 0 Å². The van der Waals surface area contributed by atoms with Crippen molar-refractivity contribution in [2.75, 3.05) is 0 Å². The summed E-state index contributed by atoms with van der Waals surface area (Å²) in [6.07, 6.45) is 0. The molecule has 0 saturated carbocycles. The number of rotatable bonds is 10. The molecule has 0 aliphatic carbocycles. The molecule has 0 N–H and O–H groups in total. The first-order valence-corrected chi connectivity index (χ1v) is 28.6. The van der Waals surface area contributed by atoms with Crippen LogP contribution in [-0.4, -0.2) is 64.7 Å². The Hall–Kier alpha value is -5.19. The fourth-order valence-corrected chi connectivity index (χ4v) is 35.6. The van der Waals surface area contributed by atoms with E-state index in [0.29, 0.717) is 0 Å². The van der Waals surface area contributed by atoms with Gasteiger partial charge in [-0.1, -0.05) is 0 Å². The van der Waals surface area contributed by atoms with E-state index in [1.165, 1.54) is 0 Å². The zero-order valence-electron chi connectivity index (χ0n) is 33.4. The second-order valence-corrected chi connectivity index (χ2v) is 31.9. The van der Waals surface area contributed by atoms with Crippen LogP contribution >= 0.6 is 0 Å². The van der Waals surface area contributed by atoms with Crippen molar-refractivity contribution >= 4 is 80.9 Å². The van der Waals surface area contributed by atoms with Crippen LogP contribution in [-0.2, 0) is 8.23 Å². The van der Waals surface area contributed by atoms with Crippen LogP contribution in [0.3, 0.4) is 0 Å². The second-order valence-electron chi connectivity index (χ2n) is 16.7. The van der Waals surface area contributed by atoms with E-state index in [-0.39, 0.29) is 0 Å². The van der Waals surface area contributed by atoms with Crippen LogP contribution in [0, 0.1) is 0 Å². The zero-order chi connectivity index (χ0) is 38.8. The monoisotopic (exact) mass is 802 g/mol. The van der Waals surface area contributed by atoms with E-state index >= 15 is 0 Å². The van der Waals surface area contributed by atoms with E-state index in [0.717, 1.165) is 126 Å². The average Bonchev–Trinajstić information content (AvgIpc) is 3.99. The summed E-state index contributed by atoms with van der Waals surface area (Å²) >= 11 is 0. The first-order chi connectivity index (χ1) is 27.8. The molecule has 8 heterocycles. The average molecular weight is 803 g/mol. The molecule has 6 aliphatic rings. The summed E-state index contributed by atoms with van der Waals surface area (Å²) in [5.41, 5.74) is 5.76. The molecule has 4 aromatic carbocycles. The summed E-state index contributed by atoms with van der Waals surface area (Å²) < 4.78 is 28.5. The van der Waals surface area contributed by atoms with E-state index in [1.54, 1.807) is 0 Å². The standard InChI is InChI=1S/C44H46N8O2Si3/c1-7-55(8-2,9-3)53-57(54-56(10-4,11-5)12-6)49-37-29-21-13-14-22-30(29)38(49)46-40-33-25-17-18-26-34(33)42(51(40)57)48-44-36-28-20-19-27-35(36)43(52(44)57)47-41-32-24-16-15-23-31(32)39(45-37)50(41)57/h13-28H,7-12H2,1-6H3. The topological polar surface area (TPSA) is 83.8 Å². The molecule has 6 aliphatic heterocycles. The Morgan fingerprint density at radius 2 is 0.807 bits per heavy atom. The number of aromatic nitrogens is 2. The first kappa shape index (κ1) is 33.9. The van der Waals surface area contributed by atoms with Gasteiger partial charge in [0.05, 0.1) is 0 Å². The Labute approximate surface area is 332 Å². The summed E-state index contributed by atoms with van der Waals surface area (Å²) in [7, 11) is -12.2. The molecule has 0 radical (unpaired) electrons. The maximum atomic E-state index is 9.28. The number of hydrogen-bond donors (Lipinski definition) is 0. The summed E-state index contributed by atoms with van der Waals surface area (Å²) in [6, 6.07) is 40.1. The van der Waals surface area contributed by atoms with Gasteiger partial charge in [0.15, 0.2) is 0 Å². The van der Waals surface area contributed by atoms with Crippen LogP contribution in [0.25, 0.3) is 21.5 Å². The molecule has 0 saturated heterocycles. The van der Waals surface area contributed by atoms with Crippen molar-refractivity contribution < 1.29 is 16.7 Å². The third-order valence-electron chi connectivity index (χ3n) is 14.9. The van der Waals surface area contributed by atoms with Gasteiger partial charge in [0.2, 0.25) is 0 Å². The predicted octanol–water partition coefficient (Wildman–Crippen LogP) is 8.37. The predicted molar refractivity (Wildman–Crippen MR) is 233 cm³/mol. The molecular formula is C44H46N8O2Si3. The number of benzene rings is 4. The van der Waals surface area contributed by atoms with Crippen molar-refractivity contribution in [3.05, 3.63) is 130 Å². The van der Waals surface area contributed by atoms with E-state index < -0.39 is 24.4 Å². The molecule has 2 aromatic heterocycles. The zero-order valence-corrected chi connectivity index (χ0v) is 36.4. The number of hydrogen-bond acceptors (Lipinski definition) is 6. The van der Waals surface area contributed by atoms with Gasteiger partial charge < -0.3 is 0 Å². The van der Waals surface area contributed by atoms with E-state index in [4.69, 9.17) is 20.0 Å². The molecule has 0 unspecified atom stereocenters. The van der Waals surface area contributed by atoms with Crippen LogP contribution in [0.15, 0.2) is 117 Å². The molecule has 57 heavy (non-hydrogen) atoms. The second kappa shape index (κ2) is 10.5. The third-order valence-corrected chi connectivity index (χ3v) is 35.2. The Kier molecular flexibility index (Phi) is 6.22. The minimum atomic E-state index is -6.54. The van der Waals surface area contributed by atoms with Crippen molar-refractivity contribution in [1.82, 2.24) is 8.47 Å². The van der Waals surface area contributed by atoms with Gasteiger partial charge in [-0.15, -0.1) is 0 Å². The van der Waals surface area contributed by atoms with Gasteiger partial charge in [-0.2, -0.15) is 0 Å². The molecule has 0 bridgehead atoms. The van der Waals surface area contributed by atoms with Gasteiger partial charge in [0.25, 0.3) is 0 Å². The van der Waals surface area contributed by atoms with Gasteiger partial charge >= 0.3 is 334 Å². The fraction of sp³-hybridized carbons (Fsp3) is 0.273. The SMILES string of the molecule is CC[Si](CC)(CC)O[Si-2]123(O[Si](CC)(CC)CC)n4c5c6ccccc6c4N=C4c6ccccc6C(=[N+]41)N=c1c4ccccc4c(n12)=NC1=[N+]3C(=N5)c2ccccc21. The molecule has 12 rings (SSSR count). The molecule has 1 spiro atoms. The fourth-order valence-electron chi connectivity index (χ4n) is 11.8. The van der Waals surface area contributed by atoms with E-state index in [9.17, 15) is 8.23 Å². The summed E-state index contributed by atoms with van der Waals surface area (Å²) in [5, 5.41) is 4.12. The molecule has 10 nitrogen and oxygen atoms in total. The summed E-state index contributed by atoms with van der Waals surface area (Å²) in [6.45, 7) is 14.1. The minimum absolute atomic E-state index is 0.821. The summed E-state index contributed by atoms with van der Waals surface area (Å²) in [5.74, 6) is 4.92. The molecule has 0 amide bonds. The van der Waals surface area contributed by atoms with Crippen molar-refractivity contribution in [2.24, 2.45) is 20.0 Å². The maximum absolute atomic E-state index is 9.28. The number of nitrogens with zero attached hydrogens (tertiary/aromatic N) is 8. The molecular weight excluding hydrogens is 757 g/mol. The Morgan fingerprint density at radius 3 is 1.19 bits per heavy atom. The van der Waals surface area contributed by atoms with Crippen molar-refractivity contribution in [2.45, 2.75) is 77.8 Å². The van der Waals surface area contributed by atoms with Crippen molar-refractivity contribution in [3.63, 3.8) is 0 Å². The molecule has 0 atom stereocenters. The first-order valence-electron chi connectivity index (χ1n) is 21.0. The van der Waals surface area contributed by atoms with Crippen LogP contribution < -0.4 is 11.0 Å². The van der Waals surface area contributed by atoms with Crippen LogP contribution in [0.1, 0.15) is 63.8 Å². The van der Waals surface area contributed by atoms with Crippen molar-refractivity contribution in [1.29, 1.82) is 0 Å². The Balaban J connectivity index is 1.53. The molecule has 0 fully saturated rings. The van der Waals surface area contributed by atoms with Gasteiger partial charge in [0.1, 0.15) is 0 Å². The van der Waals surface area contributed by atoms with Crippen LogP contribution in [0.4, 0.5) is 11.6 Å². The van der Waals surface area contributed by atoms with E-state index in [2.05, 4.69) is 156 Å². The van der Waals surface area contributed by atoms with E-state index in [1.807, 2.05) is 0 Å². The molecule has 13 heteroatoms. The molecule has 286 valence electrons. The Bertz CT molecular complexity index is 2960. The number of fused-ring (bicyclic) bond motifs is 12. The van der Waals surface area contributed by atoms with Crippen molar-refractivity contribution in [3.8, 4) is 0 Å². The van der Waals surface area contributed by atoms with Gasteiger partial charge in [0, 0.05) is 0 Å².